The molecule has 0 aliphatic carbocycles. The second-order valence-electron chi connectivity index (χ2n) is 3.92. The van der Waals surface area contributed by atoms with E-state index in [2.05, 4.69) is 15.9 Å². The molecule has 2 aromatic carbocycles. The topological polar surface area (TPSA) is 20.2 Å². The molecule has 0 aliphatic heterocycles. The molecule has 0 spiro atoms. The summed E-state index contributed by atoms with van der Waals surface area (Å²) in [6.07, 6.45) is -0.744. The zero-order valence-electron chi connectivity index (χ0n) is 9.32. The third kappa shape index (κ3) is 2.56. The van der Waals surface area contributed by atoms with Crippen LogP contribution in [0.15, 0.2) is 46.9 Å². The van der Waals surface area contributed by atoms with Gasteiger partial charge in [-0.2, -0.15) is 0 Å². The van der Waals surface area contributed by atoms with Crippen molar-refractivity contribution in [3.05, 3.63) is 69.4 Å². The molecule has 17 heavy (non-hydrogen) atoms. The summed E-state index contributed by atoms with van der Waals surface area (Å²) in [7, 11) is 0. The van der Waals surface area contributed by atoms with Crippen LogP contribution in [0.25, 0.3) is 0 Å². The molecule has 0 saturated carbocycles. The first kappa shape index (κ1) is 12.3. The van der Waals surface area contributed by atoms with E-state index in [0.717, 1.165) is 21.2 Å². The highest BCUT2D eigenvalue weighted by molar-refractivity contribution is 9.10. The molecule has 0 heterocycles. The van der Waals surface area contributed by atoms with E-state index in [-0.39, 0.29) is 5.82 Å². The third-order valence-electron chi connectivity index (χ3n) is 2.73. The summed E-state index contributed by atoms with van der Waals surface area (Å²) < 4.78 is 13.8. The second-order valence-corrected chi connectivity index (χ2v) is 4.78. The van der Waals surface area contributed by atoms with Gasteiger partial charge in [0.25, 0.3) is 0 Å². The first-order valence-corrected chi connectivity index (χ1v) is 6.07. The van der Waals surface area contributed by atoms with E-state index >= 15 is 0 Å². The van der Waals surface area contributed by atoms with Crippen molar-refractivity contribution < 1.29 is 9.50 Å². The van der Waals surface area contributed by atoms with Crippen molar-refractivity contribution in [2.75, 3.05) is 0 Å². The first-order valence-electron chi connectivity index (χ1n) is 5.28. The number of hydrogen-bond donors (Lipinski definition) is 1. The van der Waals surface area contributed by atoms with Gasteiger partial charge in [0, 0.05) is 4.47 Å². The van der Waals surface area contributed by atoms with Gasteiger partial charge in [-0.15, -0.1) is 0 Å². The number of hydrogen-bond acceptors (Lipinski definition) is 1. The predicted octanol–water partition coefficient (Wildman–Crippen LogP) is 3.98. The smallest absolute Gasteiger partial charge is 0.123 e. The molecule has 1 N–H and O–H groups in total. The fourth-order valence-electron chi connectivity index (χ4n) is 1.81. The number of aliphatic hydroxyl groups excluding tert-OH is 1. The minimum Gasteiger partial charge on any atom is -0.384 e. The maximum absolute atomic E-state index is 13.0. The Balaban J connectivity index is 2.44. The molecule has 1 atom stereocenters. The van der Waals surface area contributed by atoms with Gasteiger partial charge in [0.05, 0.1) is 0 Å². The molecule has 0 bridgehead atoms. The highest BCUT2D eigenvalue weighted by atomic mass is 79.9. The van der Waals surface area contributed by atoms with Gasteiger partial charge in [-0.05, 0) is 41.8 Å². The average molecular weight is 295 g/mol. The van der Waals surface area contributed by atoms with E-state index in [0.29, 0.717) is 0 Å². The Morgan fingerprint density at radius 1 is 1.12 bits per heavy atom. The van der Waals surface area contributed by atoms with Crippen molar-refractivity contribution >= 4 is 15.9 Å². The van der Waals surface area contributed by atoms with E-state index in [4.69, 9.17) is 0 Å². The second kappa shape index (κ2) is 4.98. The van der Waals surface area contributed by atoms with Crippen molar-refractivity contribution in [2.24, 2.45) is 0 Å². The molecule has 88 valence electrons. The van der Waals surface area contributed by atoms with Crippen molar-refractivity contribution in [1.29, 1.82) is 0 Å². The summed E-state index contributed by atoms with van der Waals surface area (Å²) in [6, 6.07) is 11.9. The lowest BCUT2D eigenvalue weighted by Crippen LogP contribution is -2.03. The highest BCUT2D eigenvalue weighted by Crippen LogP contribution is 2.30. The van der Waals surface area contributed by atoms with Crippen molar-refractivity contribution in [1.82, 2.24) is 0 Å². The van der Waals surface area contributed by atoms with Crippen LogP contribution in [-0.4, -0.2) is 5.11 Å². The van der Waals surface area contributed by atoms with Gasteiger partial charge in [-0.25, -0.2) is 4.39 Å². The fourth-order valence-corrected chi connectivity index (χ4v) is 2.31. The number of aliphatic hydroxyl groups is 1. The van der Waals surface area contributed by atoms with Gasteiger partial charge in [0.1, 0.15) is 11.9 Å². The van der Waals surface area contributed by atoms with Gasteiger partial charge >= 0.3 is 0 Å². The maximum atomic E-state index is 13.0. The molecule has 1 nitrogen and oxygen atoms in total. The normalized spacial score (nSPS) is 12.5. The molecule has 0 aromatic heterocycles. The Kier molecular flexibility index (Phi) is 3.60. The van der Waals surface area contributed by atoms with Gasteiger partial charge in [0.2, 0.25) is 0 Å². The van der Waals surface area contributed by atoms with Crippen LogP contribution >= 0.6 is 15.9 Å². The van der Waals surface area contributed by atoms with Crippen molar-refractivity contribution in [3.63, 3.8) is 0 Å². The van der Waals surface area contributed by atoms with Crippen LogP contribution < -0.4 is 0 Å². The summed E-state index contributed by atoms with van der Waals surface area (Å²) in [5, 5.41) is 10.3. The molecular weight excluding hydrogens is 283 g/mol. The Morgan fingerprint density at radius 3 is 2.47 bits per heavy atom. The molecule has 0 amide bonds. The monoisotopic (exact) mass is 294 g/mol. The summed E-state index contributed by atoms with van der Waals surface area (Å²) >= 11 is 3.40. The Hall–Kier alpha value is -1.19. The molecule has 0 aliphatic rings. The van der Waals surface area contributed by atoms with Crippen LogP contribution in [-0.2, 0) is 0 Å². The highest BCUT2D eigenvalue weighted by Gasteiger charge is 2.15. The quantitative estimate of drug-likeness (QED) is 0.888. The van der Waals surface area contributed by atoms with Crippen LogP contribution in [0, 0.1) is 12.7 Å². The SMILES string of the molecule is Cc1cc(F)ccc1[C@@H](O)c1ccccc1Br. The summed E-state index contributed by atoms with van der Waals surface area (Å²) in [5.74, 6) is -0.287. The predicted molar refractivity (Wildman–Crippen MR) is 69.3 cm³/mol. The van der Waals surface area contributed by atoms with Crippen molar-refractivity contribution in [2.45, 2.75) is 13.0 Å². The van der Waals surface area contributed by atoms with Crippen LogP contribution in [0.3, 0.4) is 0 Å². The van der Waals surface area contributed by atoms with Crippen LogP contribution in [0.1, 0.15) is 22.8 Å². The lowest BCUT2D eigenvalue weighted by molar-refractivity contribution is 0.218. The van der Waals surface area contributed by atoms with E-state index in [1.807, 2.05) is 24.3 Å². The molecule has 0 saturated heterocycles. The average Bonchev–Trinajstić information content (AvgIpc) is 2.29. The number of benzene rings is 2. The zero-order chi connectivity index (χ0) is 12.4. The molecule has 0 unspecified atom stereocenters. The molecule has 0 radical (unpaired) electrons. The standard InChI is InChI=1S/C14H12BrFO/c1-9-8-10(16)6-7-11(9)14(17)12-4-2-3-5-13(12)15/h2-8,14,17H,1H3/t14-/m1/s1. The van der Waals surface area contributed by atoms with Crippen LogP contribution in [0.2, 0.25) is 0 Å². The lowest BCUT2D eigenvalue weighted by atomic mass is 9.97. The number of rotatable bonds is 2. The Morgan fingerprint density at radius 2 is 1.82 bits per heavy atom. The Labute approximate surface area is 108 Å². The molecule has 3 heteroatoms. The van der Waals surface area contributed by atoms with Crippen molar-refractivity contribution in [3.8, 4) is 0 Å². The molecule has 0 fully saturated rings. The third-order valence-corrected chi connectivity index (χ3v) is 3.45. The van der Waals surface area contributed by atoms with E-state index in [1.54, 1.807) is 13.0 Å². The largest absolute Gasteiger partial charge is 0.384 e. The molecular formula is C14H12BrFO. The molecule has 2 aromatic rings. The van der Waals surface area contributed by atoms with Gasteiger partial charge in [0.15, 0.2) is 0 Å². The summed E-state index contributed by atoms with van der Waals surface area (Å²) in [5.41, 5.74) is 2.24. The number of aryl methyl sites for hydroxylation is 1. The van der Waals surface area contributed by atoms with Crippen LogP contribution in [0.5, 0.6) is 0 Å². The van der Waals surface area contributed by atoms with Crippen LogP contribution in [0.4, 0.5) is 4.39 Å². The van der Waals surface area contributed by atoms with E-state index in [9.17, 15) is 9.50 Å². The minimum absolute atomic E-state index is 0.287. The van der Waals surface area contributed by atoms with E-state index < -0.39 is 6.10 Å². The van der Waals surface area contributed by atoms with Gasteiger partial charge < -0.3 is 5.11 Å². The van der Waals surface area contributed by atoms with Gasteiger partial charge in [-0.3, -0.25) is 0 Å². The number of halogens is 2. The zero-order valence-corrected chi connectivity index (χ0v) is 10.9. The Bertz CT molecular complexity index is 539. The maximum Gasteiger partial charge on any atom is 0.123 e. The summed E-state index contributed by atoms with van der Waals surface area (Å²) in [4.78, 5) is 0. The first-order chi connectivity index (χ1) is 8.09. The fraction of sp³-hybridized carbons (Fsp3) is 0.143. The van der Waals surface area contributed by atoms with Gasteiger partial charge in [-0.1, -0.05) is 40.2 Å². The minimum atomic E-state index is -0.744. The lowest BCUT2D eigenvalue weighted by Gasteiger charge is -2.15. The summed E-state index contributed by atoms with van der Waals surface area (Å²) in [6.45, 7) is 1.79. The molecule has 2 rings (SSSR count). The van der Waals surface area contributed by atoms with E-state index in [1.165, 1.54) is 12.1 Å².